The average Bonchev–Trinajstić information content (AvgIpc) is 2.44. The summed E-state index contributed by atoms with van der Waals surface area (Å²) in [7, 11) is 1.31. The van der Waals surface area contributed by atoms with Crippen molar-refractivity contribution in [1.82, 2.24) is 4.98 Å². The molecule has 0 aliphatic carbocycles. The number of carbonyl (C=O) groups is 1. The Balaban J connectivity index is 2.98. The lowest BCUT2D eigenvalue weighted by atomic mass is 9.98. The number of hydrogen-bond donors (Lipinski definition) is 3. The van der Waals surface area contributed by atoms with E-state index in [4.69, 9.17) is 0 Å². The van der Waals surface area contributed by atoms with Crippen LogP contribution in [-0.4, -0.2) is 47.0 Å². The molecule has 1 aromatic rings. The highest BCUT2D eigenvalue weighted by molar-refractivity contribution is 5.90. The second-order valence-electron chi connectivity index (χ2n) is 4.40. The molecular formula is C13H20N2O4. The second-order valence-corrected chi connectivity index (χ2v) is 4.40. The Morgan fingerprint density at radius 2 is 2.05 bits per heavy atom. The highest BCUT2D eigenvalue weighted by atomic mass is 16.5. The Labute approximate surface area is 112 Å². The van der Waals surface area contributed by atoms with E-state index in [0.717, 1.165) is 0 Å². The van der Waals surface area contributed by atoms with Crippen molar-refractivity contribution in [3.8, 4) is 0 Å². The van der Waals surface area contributed by atoms with Gasteiger partial charge in [0, 0.05) is 0 Å². The summed E-state index contributed by atoms with van der Waals surface area (Å²) in [5.41, 5.74) is 0.104. The highest BCUT2D eigenvalue weighted by Crippen LogP contribution is 2.18. The monoisotopic (exact) mass is 268 g/mol. The van der Waals surface area contributed by atoms with E-state index in [0.29, 0.717) is 23.5 Å². The molecular weight excluding hydrogens is 248 g/mol. The van der Waals surface area contributed by atoms with Crippen molar-refractivity contribution >= 4 is 11.8 Å². The molecule has 1 heterocycles. The zero-order valence-corrected chi connectivity index (χ0v) is 11.4. The number of carbonyl (C=O) groups excluding carboxylic acids is 1. The van der Waals surface area contributed by atoms with Crippen LogP contribution in [0.2, 0.25) is 0 Å². The van der Waals surface area contributed by atoms with E-state index in [-0.39, 0.29) is 13.2 Å². The molecule has 0 aliphatic heterocycles. The number of hydrogen-bond acceptors (Lipinski definition) is 6. The Kier molecular flexibility index (Phi) is 5.26. The Hall–Kier alpha value is -1.66. The Morgan fingerprint density at radius 3 is 2.47 bits per heavy atom. The standard InChI is InChI=1S/C13H20N2O4/c1-4-13(7-16,8-17)15-11-6-5-10(9(2)14-11)12(18)19-3/h5-6,16-17H,4,7-8H2,1-3H3,(H,14,15). The van der Waals surface area contributed by atoms with Gasteiger partial charge in [-0.25, -0.2) is 9.78 Å². The average molecular weight is 268 g/mol. The zero-order valence-electron chi connectivity index (χ0n) is 11.4. The number of nitrogens with zero attached hydrogens (tertiary/aromatic N) is 1. The molecule has 0 radical (unpaired) electrons. The van der Waals surface area contributed by atoms with Crippen LogP contribution in [0.4, 0.5) is 5.82 Å². The molecule has 106 valence electrons. The molecule has 0 unspecified atom stereocenters. The summed E-state index contributed by atoms with van der Waals surface area (Å²) < 4.78 is 4.64. The first-order chi connectivity index (χ1) is 9.01. The van der Waals surface area contributed by atoms with E-state index in [9.17, 15) is 15.0 Å². The molecule has 1 rings (SSSR count). The first-order valence-corrected chi connectivity index (χ1v) is 6.07. The van der Waals surface area contributed by atoms with Gasteiger partial charge in [-0.3, -0.25) is 0 Å². The van der Waals surface area contributed by atoms with Crippen LogP contribution in [0.3, 0.4) is 0 Å². The van der Waals surface area contributed by atoms with Crippen LogP contribution in [0.1, 0.15) is 29.4 Å². The third-order valence-corrected chi connectivity index (χ3v) is 3.17. The summed E-state index contributed by atoms with van der Waals surface area (Å²) in [6, 6.07) is 3.22. The molecule has 0 saturated carbocycles. The minimum absolute atomic E-state index is 0.209. The predicted octanol–water partition coefficient (Wildman–Crippen LogP) is 0.722. The lowest BCUT2D eigenvalue weighted by Crippen LogP contribution is -2.45. The number of methoxy groups -OCH3 is 1. The normalized spacial score (nSPS) is 11.2. The van der Waals surface area contributed by atoms with E-state index < -0.39 is 11.5 Å². The molecule has 1 aromatic heterocycles. The van der Waals surface area contributed by atoms with Crippen molar-refractivity contribution in [2.75, 3.05) is 25.6 Å². The lowest BCUT2D eigenvalue weighted by Gasteiger charge is -2.30. The van der Waals surface area contributed by atoms with E-state index in [1.54, 1.807) is 19.1 Å². The van der Waals surface area contributed by atoms with Crippen molar-refractivity contribution in [3.05, 3.63) is 23.4 Å². The fourth-order valence-corrected chi connectivity index (χ4v) is 1.67. The van der Waals surface area contributed by atoms with Crippen molar-refractivity contribution < 1.29 is 19.7 Å². The van der Waals surface area contributed by atoms with Gasteiger partial charge >= 0.3 is 5.97 Å². The van der Waals surface area contributed by atoms with Gasteiger partial charge in [0.1, 0.15) is 5.82 Å². The van der Waals surface area contributed by atoms with Crippen LogP contribution in [0.25, 0.3) is 0 Å². The van der Waals surface area contributed by atoms with Gasteiger partial charge in [-0.05, 0) is 25.5 Å². The Morgan fingerprint density at radius 1 is 1.42 bits per heavy atom. The maximum Gasteiger partial charge on any atom is 0.339 e. The van der Waals surface area contributed by atoms with Gasteiger partial charge in [-0.15, -0.1) is 0 Å². The van der Waals surface area contributed by atoms with Crippen LogP contribution in [-0.2, 0) is 4.74 Å². The first-order valence-electron chi connectivity index (χ1n) is 6.07. The summed E-state index contributed by atoms with van der Waals surface area (Å²) in [5.74, 6) is 0.0534. The number of pyridine rings is 1. The molecule has 0 atom stereocenters. The van der Waals surface area contributed by atoms with Gasteiger partial charge in [0.05, 0.1) is 37.1 Å². The fourth-order valence-electron chi connectivity index (χ4n) is 1.67. The SMILES string of the molecule is CCC(CO)(CO)Nc1ccc(C(=O)OC)c(C)n1. The van der Waals surface area contributed by atoms with Crippen LogP contribution >= 0.6 is 0 Å². The minimum atomic E-state index is -0.813. The van der Waals surface area contributed by atoms with E-state index in [2.05, 4.69) is 15.0 Å². The van der Waals surface area contributed by atoms with Crippen molar-refractivity contribution in [1.29, 1.82) is 0 Å². The summed E-state index contributed by atoms with van der Waals surface area (Å²) >= 11 is 0. The van der Waals surface area contributed by atoms with Crippen LogP contribution < -0.4 is 5.32 Å². The summed E-state index contributed by atoms with van der Waals surface area (Å²) in [5, 5.41) is 21.7. The van der Waals surface area contributed by atoms with Gasteiger partial charge in [-0.1, -0.05) is 6.92 Å². The maximum atomic E-state index is 11.4. The van der Waals surface area contributed by atoms with E-state index in [1.165, 1.54) is 7.11 Å². The topological polar surface area (TPSA) is 91.7 Å². The van der Waals surface area contributed by atoms with Crippen molar-refractivity contribution in [3.63, 3.8) is 0 Å². The van der Waals surface area contributed by atoms with Crippen LogP contribution in [0.5, 0.6) is 0 Å². The number of aryl methyl sites for hydroxylation is 1. The molecule has 0 bridgehead atoms. The molecule has 6 nitrogen and oxygen atoms in total. The number of rotatable bonds is 6. The smallest absolute Gasteiger partial charge is 0.339 e. The number of anilines is 1. The van der Waals surface area contributed by atoms with Crippen molar-refractivity contribution in [2.45, 2.75) is 25.8 Å². The number of esters is 1. The molecule has 3 N–H and O–H groups in total. The largest absolute Gasteiger partial charge is 0.465 e. The van der Waals surface area contributed by atoms with E-state index in [1.807, 2.05) is 6.92 Å². The van der Waals surface area contributed by atoms with Gasteiger partial charge in [0.15, 0.2) is 0 Å². The minimum Gasteiger partial charge on any atom is -0.465 e. The quantitative estimate of drug-likeness (QED) is 0.659. The highest BCUT2D eigenvalue weighted by Gasteiger charge is 2.27. The third-order valence-electron chi connectivity index (χ3n) is 3.17. The molecule has 19 heavy (non-hydrogen) atoms. The molecule has 0 spiro atoms. The number of aliphatic hydroxyl groups excluding tert-OH is 2. The van der Waals surface area contributed by atoms with Crippen LogP contribution in [0.15, 0.2) is 12.1 Å². The van der Waals surface area contributed by atoms with Gasteiger partial charge in [0.25, 0.3) is 0 Å². The fraction of sp³-hybridized carbons (Fsp3) is 0.538. The molecule has 0 aliphatic rings. The molecule has 0 amide bonds. The second kappa shape index (κ2) is 6.49. The van der Waals surface area contributed by atoms with E-state index >= 15 is 0 Å². The van der Waals surface area contributed by atoms with Crippen LogP contribution in [0, 0.1) is 6.92 Å². The summed E-state index contributed by atoms with van der Waals surface area (Å²) in [6.45, 7) is 3.14. The van der Waals surface area contributed by atoms with Gasteiger partial charge < -0.3 is 20.3 Å². The molecule has 0 fully saturated rings. The number of aromatic nitrogens is 1. The Bertz CT molecular complexity index is 436. The number of nitrogens with one attached hydrogen (secondary N) is 1. The summed E-state index contributed by atoms with van der Waals surface area (Å²) in [6.07, 6.45) is 0.541. The lowest BCUT2D eigenvalue weighted by molar-refractivity contribution is 0.0599. The number of aliphatic hydroxyl groups is 2. The zero-order chi connectivity index (χ0) is 14.5. The molecule has 0 aromatic carbocycles. The van der Waals surface area contributed by atoms with Gasteiger partial charge in [0.2, 0.25) is 0 Å². The maximum absolute atomic E-state index is 11.4. The predicted molar refractivity (Wildman–Crippen MR) is 71.1 cm³/mol. The third kappa shape index (κ3) is 3.42. The molecule has 0 saturated heterocycles. The summed E-state index contributed by atoms with van der Waals surface area (Å²) in [4.78, 5) is 15.7. The first kappa shape index (κ1) is 15.4. The van der Waals surface area contributed by atoms with Gasteiger partial charge in [-0.2, -0.15) is 0 Å². The van der Waals surface area contributed by atoms with Crippen molar-refractivity contribution in [2.24, 2.45) is 0 Å². The number of ether oxygens (including phenoxy) is 1. The molecule has 6 heteroatoms.